The number of azide groups is 1. The number of carbonyl (C=O) groups excluding carboxylic acids is 3. The molecule has 6 aromatic carbocycles. The minimum absolute atomic E-state index is 0.0125. The molecule has 0 aliphatic carbocycles. The van der Waals surface area contributed by atoms with Crippen molar-refractivity contribution in [2.24, 2.45) is 15.1 Å². The number of aliphatic hydroxyl groups excluding tert-OH is 4. The first kappa shape index (κ1) is 64.4. The second-order valence-electron chi connectivity index (χ2n) is 22.8. The molecule has 6 aromatic rings. The first-order valence-electron chi connectivity index (χ1n) is 29.6. The Morgan fingerprint density at radius 1 is 0.696 bits per heavy atom. The van der Waals surface area contributed by atoms with Gasteiger partial charge in [-0.3, -0.25) is 24.4 Å². The molecule has 1 fully saturated rings. The topological polar surface area (TPSA) is 333 Å². The SMILES string of the molecule is COc1cc2c(cc1OCc1cc(COc3cc4c(cc3OC)C(=O)N3Cc5cc(OS(=O)(=O)Oc6cc(C(=O)CCCOCCN=[N+]=[N-])ccc6OC6O[C@H](CO)[C@H](O)[C@H](O)[C@H]6O)ccc5C[C@H]3C=N4)cc(CN(C)C)c1)N=C[C@@H]1Cc3ccccc3CN1C2=O. The number of ketones is 1. The summed E-state index contributed by atoms with van der Waals surface area (Å²) in [6.45, 7) is 0.977. The van der Waals surface area contributed by atoms with E-state index in [0.717, 1.165) is 33.9 Å². The molecular weight excluding hydrogens is 1210 g/mol. The molecule has 0 saturated carbocycles. The predicted octanol–water partition coefficient (Wildman–Crippen LogP) is 6.66. The summed E-state index contributed by atoms with van der Waals surface area (Å²) in [5.74, 6) is -0.711. The summed E-state index contributed by atoms with van der Waals surface area (Å²) in [5.41, 5.74) is 16.2. The van der Waals surface area contributed by atoms with Crippen LogP contribution in [0.4, 0.5) is 11.4 Å². The van der Waals surface area contributed by atoms with Gasteiger partial charge in [0.05, 0.1) is 62.0 Å². The number of hydrogen-bond donors (Lipinski definition) is 4. The van der Waals surface area contributed by atoms with E-state index in [9.17, 15) is 43.2 Å². The molecule has 26 nitrogen and oxygen atoms in total. The van der Waals surface area contributed by atoms with Gasteiger partial charge in [-0.15, -0.1) is 8.42 Å². The predicted molar refractivity (Wildman–Crippen MR) is 332 cm³/mol. The van der Waals surface area contributed by atoms with Crippen LogP contribution >= 0.6 is 0 Å². The molecule has 0 aromatic heterocycles. The Hall–Kier alpha value is -9.15. The summed E-state index contributed by atoms with van der Waals surface area (Å²) in [5, 5.41) is 44.7. The van der Waals surface area contributed by atoms with Crippen molar-refractivity contribution in [1.82, 2.24) is 14.7 Å². The van der Waals surface area contributed by atoms with E-state index < -0.39 is 71.0 Å². The highest BCUT2D eigenvalue weighted by Crippen LogP contribution is 2.42. The van der Waals surface area contributed by atoms with Crippen molar-refractivity contribution in [3.63, 3.8) is 0 Å². The molecule has 0 bridgehead atoms. The molecule has 482 valence electrons. The molecule has 11 rings (SSSR count). The molecule has 27 heteroatoms. The highest BCUT2D eigenvalue weighted by atomic mass is 32.3. The molecule has 5 heterocycles. The van der Waals surface area contributed by atoms with Gasteiger partial charge >= 0.3 is 10.4 Å². The van der Waals surface area contributed by atoms with Crippen molar-refractivity contribution in [3.8, 4) is 40.2 Å². The Morgan fingerprint density at radius 2 is 1.30 bits per heavy atom. The maximum Gasteiger partial charge on any atom is 0.501 e. The van der Waals surface area contributed by atoms with Crippen LogP contribution in [0.5, 0.6) is 40.2 Å². The highest BCUT2D eigenvalue weighted by Gasteiger charge is 2.45. The zero-order valence-electron chi connectivity index (χ0n) is 50.7. The number of hydrogen-bond acceptors (Lipinski definition) is 22. The van der Waals surface area contributed by atoms with E-state index in [0.29, 0.717) is 65.7 Å². The van der Waals surface area contributed by atoms with Crippen molar-refractivity contribution < 1.29 is 84.8 Å². The average molecular weight is 1280 g/mol. The summed E-state index contributed by atoms with van der Waals surface area (Å²) in [4.78, 5) is 59.7. The van der Waals surface area contributed by atoms with E-state index in [2.05, 4.69) is 22.2 Å². The molecule has 0 radical (unpaired) electrons. The maximum absolute atomic E-state index is 14.6. The number of aliphatic imine (C=N–C) groups is 2. The van der Waals surface area contributed by atoms with Crippen LogP contribution in [0.2, 0.25) is 0 Å². The van der Waals surface area contributed by atoms with Gasteiger partial charge < -0.3 is 76.7 Å². The van der Waals surface area contributed by atoms with Gasteiger partial charge in [-0.2, -0.15) is 0 Å². The third-order valence-electron chi connectivity index (χ3n) is 16.2. The van der Waals surface area contributed by atoms with E-state index in [4.69, 9.17) is 57.0 Å². The van der Waals surface area contributed by atoms with E-state index >= 15 is 0 Å². The zero-order chi connectivity index (χ0) is 64.8. The Labute approximate surface area is 529 Å². The van der Waals surface area contributed by atoms with Gasteiger partial charge in [0.15, 0.2) is 40.3 Å². The van der Waals surface area contributed by atoms with E-state index in [1.54, 1.807) is 41.4 Å². The van der Waals surface area contributed by atoms with Crippen molar-refractivity contribution in [2.75, 3.05) is 54.7 Å². The van der Waals surface area contributed by atoms with E-state index in [1.807, 2.05) is 60.4 Å². The molecule has 92 heavy (non-hydrogen) atoms. The summed E-state index contributed by atoms with van der Waals surface area (Å²) >= 11 is 0. The first-order valence-corrected chi connectivity index (χ1v) is 30.9. The van der Waals surface area contributed by atoms with Crippen molar-refractivity contribution >= 4 is 51.8 Å². The number of Topliss-reactive ketones (excluding diaryl/α,β-unsaturated/α-hetero) is 1. The zero-order valence-corrected chi connectivity index (χ0v) is 51.5. The van der Waals surface area contributed by atoms with Crippen molar-refractivity contribution in [1.29, 1.82) is 0 Å². The maximum atomic E-state index is 14.6. The lowest BCUT2D eigenvalue weighted by Crippen LogP contribution is -2.60. The number of fused-ring (bicyclic) bond motifs is 6. The largest absolute Gasteiger partial charge is 0.501 e. The van der Waals surface area contributed by atoms with Gasteiger partial charge in [0.25, 0.3) is 11.8 Å². The summed E-state index contributed by atoms with van der Waals surface area (Å²) < 4.78 is 79.8. The molecule has 1 saturated heterocycles. The fourth-order valence-electron chi connectivity index (χ4n) is 11.6. The standard InChI is InChI=1S/C65H68N8O18S/c1-71(2)31-37-18-38(35-86-56-27-50-48(25-54(56)83-3)63(79)72-32-43-9-6-5-8-40(43)21-45(72)29-67-50)20-39(19-37)36-87-57-28-51-49(26-55(57)84-4)64(80)73-33-44-23-47(13-11-41(44)22-46(73)30-68-51)90-92(81,82)91-58-24-42(52(75)10-7-16-85-17-15-69-70-66)12-14-53(58)88-65-62(78)61(77)60(76)59(34-74)89-65/h5-6,8-9,11-14,18-20,23-30,45-46,59-62,65,74,76-78H,7,10,15-17,21-22,31-36H2,1-4H3/t45-,46-,59+,60-,61-,62+,65?/m0/s1. The van der Waals surface area contributed by atoms with Crippen LogP contribution in [0.1, 0.15) is 82.9 Å². The number of carbonyl (C=O) groups is 3. The molecule has 7 atom stereocenters. The number of rotatable bonds is 25. The monoisotopic (exact) mass is 1280 g/mol. The number of amides is 2. The van der Waals surface area contributed by atoms with E-state index in [-0.39, 0.29) is 92.8 Å². The number of aliphatic hydroxyl groups is 4. The van der Waals surface area contributed by atoms with Crippen molar-refractivity contribution in [2.45, 2.75) is 101 Å². The van der Waals surface area contributed by atoms with Gasteiger partial charge in [-0.1, -0.05) is 47.6 Å². The minimum atomic E-state index is -5.08. The molecule has 0 spiro atoms. The van der Waals surface area contributed by atoms with Crippen LogP contribution in [-0.2, 0) is 65.6 Å². The van der Waals surface area contributed by atoms with Gasteiger partial charge in [0.2, 0.25) is 6.29 Å². The second-order valence-corrected chi connectivity index (χ2v) is 24.0. The fourth-order valence-corrected chi connectivity index (χ4v) is 12.4. The second kappa shape index (κ2) is 28.2. The minimum Gasteiger partial charge on any atom is -0.493 e. The normalized spacial score (nSPS) is 20.4. The summed E-state index contributed by atoms with van der Waals surface area (Å²) in [6, 6.07) is 28.2. The van der Waals surface area contributed by atoms with E-state index in [1.165, 1.54) is 44.0 Å². The first-order chi connectivity index (χ1) is 44.4. The Kier molecular flexibility index (Phi) is 19.7. The third-order valence-corrected chi connectivity index (χ3v) is 17.0. The summed E-state index contributed by atoms with van der Waals surface area (Å²) in [6.07, 6.45) is -3.87. The van der Waals surface area contributed by atoms with Gasteiger partial charge in [-0.05, 0) is 126 Å². The molecule has 2 amide bonds. The smallest absolute Gasteiger partial charge is 0.493 e. The summed E-state index contributed by atoms with van der Waals surface area (Å²) in [7, 11) is 1.86. The number of methoxy groups -OCH3 is 2. The van der Waals surface area contributed by atoms with Crippen LogP contribution < -0.4 is 32.1 Å². The van der Waals surface area contributed by atoms with Crippen LogP contribution in [0.15, 0.2) is 118 Å². The lowest BCUT2D eigenvalue weighted by atomic mass is 9.94. The van der Waals surface area contributed by atoms with Crippen LogP contribution in [0.25, 0.3) is 10.4 Å². The Balaban J connectivity index is 0.768. The lowest BCUT2D eigenvalue weighted by Gasteiger charge is -2.39. The number of benzene rings is 6. The third kappa shape index (κ3) is 14.5. The molecule has 4 N–H and O–H groups in total. The fraction of sp³-hybridized carbons (Fsp3) is 0.369. The van der Waals surface area contributed by atoms with Gasteiger partial charge in [0.1, 0.15) is 43.4 Å². The molecule has 1 unspecified atom stereocenters. The van der Waals surface area contributed by atoms with Crippen molar-refractivity contribution in [3.05, 3.63) is 169 Å². The number of ether oxygens (including phenoxy) is 7. The average Bonchev–Trinajstić information content (AvgIpc) is 1.53. The molecule has 5 aliphatic rings. The van der Waals surface area contributed by atoms with Crippen LogP contribution in [0, 0.1) is 0 Å². The van der Waals surface area contributed by atoms with Gasteiger partial charge in [0, 0.05) is 74.2 Å². The quantitative estimate of drug-likeness (QED) is 0.0153. The number of nitrogens with zero attached hydrogens (tertiary/aromatic N) is 8. The van der Waals surface area contributed by atoms with Gasteiger partial charge in [-0.25, -0.2) is 0 Å². The van der Waals surface area contributed by atoms with Crippen LogP contribution in [-0.4, -0.2) is 171 Å². The highest BCUT2D eigenvalue weighted by molar-refractivity contribution is 7.82. The molecular formula is C65H68N8O18S. The molecule has 5 aliphatic heterocycles. The Morgan fingerprint density at radius 3 is 1.91 bits per heavy atom. The van der Waals surface area contributed by atoms with Crippen LogP contribution in [0.3, 0.4) is 0 Å². The Bertz CT molecular complexity index is 4010. The lowest BCUT2D eigenvalue weighted by molar-refractivity contribution is -0.277.